The normalized spacial score (nSPS) is 12.2. The summed E-state index contributed by atoms with van der Waals surface area (Å²) in [5.41, 5.74) is 0. The van der Waals surface area contributed by atoms with Gasteiger partial charge in [0.2, 0.25) is 0 Å². The first kappa shape index (κ1) is 64.6. The zero-order chi connectivity index (χ0) is 48.6. The van der Waals surface area contributed by atoms with Gasteiger partial charge in [0, 0.05) is 19.3 Å². The SMILES string of the molecule is CCCC/C=C\CCCCCCCC(=O)OCC(COC(=O)CCCCCCCCCCCCC/C=C\C/C=C\CCCCCCC)OC(=O)CCCCCCCCCCCCCCCCC. The summed E-state index contributed by atoms with van der Waals surface area (Å²) in [7, 11) is 0. The first-order valence-corrected chi connectivity index (χ1v) is 29.5. The molecule has 1 unspecified atom stereocenters. The van der Waals surface area contributed by atoms with Crippen LogP contribution in [0, 0.1) is 0 Å². The van der Waals surface area contributed by atoms with Crippen LogP contribution in [0.2, 0.25) is 0 Å². The topological polar surface area (TPSA) is 78.9 Å². The Kier molecular flexibility index (Phi) is 54.2. The van der Waals surface area contributed by atoms with Crippen LogP contribution in [0.4, 0.5) is 0 Å². The summed E-state index contributed by atoms with van der Waals surface area (Å²) in [4.78, 5) is 38.1. The van der Waals surface area contributed by atoms with Gasteiger partial charge in [0.15, 0.2) is 6.10 Å². The Hall–Kier alpha value is -2.37. The van der Waals surface area contributed by atoms with Crippen molar-refractivity contribution in [2.24, 2.45) is 0 Å². The second-order valence-corrected chi connectivity index (χ2v) is 19.9. The molecule has 392 valence electrons. The van der Waals surface area contributed by atoms with E-state index in [0.29, 0.717) is 19.3 Å². The molecule has 0 heterocycles. The van der Waals surface area contributed by atoms with E-state index in [2.05, 4.69) is 57.2 Å². The fourth-order valence-corrected chi connectivity index (χ4v) is 8.63. The number of hydrogen-bond acceptors (Lipinski definition) is 6. The molecular weight excluding hydrogens is 829 g/mol. The molecule has 0 radical (unpaired) electrons. The van der Waals surface area contributed by atoms with Gasteiger partial charge in [-0.15, -0.1) is 0 Å². The monoisotopic (exact) mass is 941 g/mol. The largest absolute Gasteiger partial charge is 0.462 e. The van der Waals surface area contributed by atoms with Gasteiger partial charge in [0.25, 0.3) is 0 Å². The molecule has 0 aromatic carbocycles. The smallest absolute Gasteiger partial charge is 0.306 e. The first-order valence-electron chi connectivity index (χ1n) is 29.5. The summed E-state index contributed by atoms with van der Waals surface area (Å²) in [5.74, 6) is -0.867. The molecule has 6 heteroatoms. The molecule has 0 aromatic heterocycles. The molecular formula is C61H112O6. The number of carbonyl (C=O) groups is 3. The number of esters is 3. The molecule has 0 aliphatic heterocycles. The number of carbonyl (C=O) groups excluding carboxylic acids is 3. The van der Waals surface area contributed by atoms with Crippen molar-refractivity contribution in [3.8, 4) is 0 Å². The Morgan fingerprint density at radius 2 is 0.552 bits per heavy atom. The van der Waals surface area contributed by atoms with Gasteiger partial charge in [-0.1, -0.05) is 263 Å². The van der Waals surface area contributed by atoms with E-state index >= 15 is 0 Å². The molecule has 0 saturated carbocycles. The molecule has 0 aliphatic rings. The lowest BCUT2D eigenvalue weighted by Gasteiger charge is -2.18. The third-order valence-corrected chi connectivity index (χ3v) is 13.1. The highest BCUT2D eigenvalue weighted by atomic mass is 16.6. The molecule has 0 fully saturated rings. The quantitative estimate of drug-likeness (QED) is 0.0262. The zero-order valence-electron chi connectivity index (χ0n) is 44.9. The molecule has 0 rings (SSSR count). The van der Waals surface area contributed by atoms with Crippen molar-refractivity contribution in [2.45, 2.75) is 322 Å². The highest BCUT2D eigenvalue weighted by molar-refractivity contribution is 5.71. The highest BCUT2D eigenvalue weighted by Gasteiger charge is 2.19. The van der Waals surface area contributed by atoms with Crippen LogP contribution in [0.15, 0.2) is 36.5 Å². The van der Waals surface area contributed by atoms with E-state index in [9.17, 15) is 14.4 Å². The van der Waals surface area contributed by atoms with E-state index in [0.717, 1.165) is 70.6 Å². The van der Waals surface area contributed by atoms with Crippen LogP contribution < -0.4 is 0 Å². The molecule has 0 N–H and O–H groups in total. The molecule has 0 spiro atoms. The predicted octanol–water partition coefficient (Wildman–Crippen LogP) is 19.7. The van der Waals surface area contributed by atoms with Crippen LogP contribution in [0.5, 0.6) is 0 Å². The van der Waals surface area contributed by atoms with Gasteiger partial charge in [0.1, 0.15) is 13.2 Å². The highest BCUT2D eigenvalue weighted by Crippen LogP contribution is 2.17. The van der Waals surface area contributed by atoms with Crippen LogP contribution >= 0.6 is 0 Å². The minimum atomic E-state index is -0.772. The lowest BCUT2D eigenvalue weighted by atomic mass is 10.0. The van der Waals surface area contributed by atoms with Gasteiger partial charge < -0.3 is 14.2 Å². The lowest BCUT2D eigenvalue weighted by molar-refractivity contribution is -0.167. The first-order chi connectivity index (χ1) is 33.0. The van der Waals surface area contributed by atoms with Crippen LogP contribution in [0.25, 0.3) is 0 Å². The van der Waals surface area contributed by atoms with Gasteiger partial charge in [-0.3, -0.25) is 14.4 Å². The predicted molar refractivity (Wildman–Crippen MR) is 289 cm³/mol. The van der Waals surface area contributed by atoms with E-state index < -0.39 is 6.10 Å². The maximum absolute atomic E-state index is 12.8. The third kappa shape index (κ3) is 54.4. The fourth-order valence-electron chi connectivity index (χ4n) is 8.63. The maximum atomic E-state index is 12.8. The molecule has 0 amide bonds. The van der Waals surface area contributed by atoms with Gasteiger partial charge in [-0.25, -0.2) is 0 Å². The molecule has 67 heavy (non-hydrogen) atoms. The standard InChI is InChI=1S/C61H112O6/c1-4-7-10-13-16-19-22-24-26-27-28-29-30-31-32-33-35-36-39-42-45-48-51-54-60(63)66-57-58(56-65-59(62)53-50-47-44-41-38-21-18-15-12-9-6-3)67-61(64)55-52-49-46-43-40-37-34-25-23-20-17-14-11-8-5-2/h15,18,22,24,27-28,58H,4-14,16-17,19-21,23,25-26,29-57H2,1-3H3/b18-15-,24-22-,28-27-. The van der Waals surface area contributed by atoms with E-state index in [-0.39, 0.29) is 31.1 Å². The average Bonchev–Trinajstić information content (AvgIpc) is 3.33. The summed E-state index contributed by atoms with van der Waals surface area (Å²) in [6.45, 7) is 6.62. The van der Waals surface area contributed by atoms with Crippen molar-refractivity contribution >= 4 is 17.9 Å². The van der Waals surface area contributed by atoms with Gasteiger partial charge in [-0.05, 0) is 70.6 Å². The summed E-state index contributed by atoms with van der Waals surface area (Å²) < 4.78 is 16.9. The molecule has 0 bridgehead atoms. The van der Waals surface area contributed by atoms with Crippen molar-refractivity contribution < 1.29 is 28.6 Å². The van der Waals surface area contributed by atoms with Crippen LogP contribution in [0.1, 0.15) is 316 Å². The number of hydrogen-bond donors (Lipinski definition) is 0. The molecule has 0 aromatic rings. The zero-order valence-corrected chi connectivity index (χ0v) is 44.9. The Morgan fingerprint density at radius 1 is 0.299 bits per heavy atom. The van der Waals surface area contributed by atoms with Gasteiger partial charge in [0.05, 0.1) is 0 Å². The Morgan fingerprint density at radius 3 is 0.881 bits per heavy atom. The Balaban J connectivity index is 4.24. The number of allylic oxidation sites excluding steroid dienone is 6. The molecule has 1 atom stereocenters. The Bertz CT molecular complexity index is 1130. The maximum Gasteiger partial charge on any atom is 0.306 e. The van der Waals surface area contributed by atoms with Crippen molar-refractivity contribution in [1.29, 1.82) is 0 Å². The second kappa shape index (κ2) is 56.2. The number of rotatable bonds is 54. The average molecular weight is 942 g/mol. The number of unbranched alkanes of at least 4 members (excludes halogenated alkanes) is 37. The summed E-state index contributed by atoms with van der Waals surface area (Å²) in [5, 5.41) is 0. The van der Waals surface area contributed by atoms with E-state index in [1.807, 2.05) is 0 Å². The van der Waals surface area contributed by atoms with Crippen molar-refractivity contribution in [2.75, 3.05) is 13.2 Å². The molecule has 0 aliphatic carbocycles. The van der Waals surface area contributed by atoms with Crippen LogP contribution in [0.3, 0.4) is 0 Å². The van der Waals surface area contributed by atoms with E-state index in [1.165, 1.54) is 205 Å². The summed E-state index contributed by atoms with van der Waals surface area (Å²) >= 11 is 0. The van der Waals surface area contributed by atoms with Gasteiger partial charge >= 0.3 is 17.9 Å². The van der Waals surface area contributed by atoms with Crippen LogP contribution in [-0.2, 0) is 28.6 Å². The van der Waals surface area contributed by atoms with E-state index in [4.69, 9.17) is 14.2 Å². The minimum Gasteiger partial charge on any atom is -0.462 e. The van der Waals surface area contributed by atoms with Crippen molar-refractivity contribution in [1.82, 2.24) is 0 Å². The fraction of sp³-hybridized carbons (Fsp3) is 0.852. The Labute approximate surface area is 416 Å². The summed E-state index contributed by atoms with van der Waals surface area (Å²) in [6.07, 6.45) is 67.1. The van der Waals surface area contributed by atoms with Crippen molar-refractivity contribution in [3.63, 3.8) is 0 Å². The van der Waals surface area contributed by atoms with E-state index in [1.54, 1.807) is 0 Å². The third-order valence-electron chi connectivity index (χ3n) is 13.1. The molecule has 0 saturated heterocycles. The minimum absolute atomic E-state index is 0.0722. The number of ether oxygens (including phenoxy) is 3. The van der Waals surface area contributed by atoms with Crippen LogP contribution in [-0.4, -0.2) is 37.2 Å². The summed E-state index contributed by atoms with van der Waals surface area (Å²) in [6, 6.07) is 0. The second-order valence-electron chi connectivity index (χ2n) is 19.9. The van der Waals surface area contributed by atoms with Crippen molar-refractivity contribution in [3.05, 3.63) is 36.5 Å². The van der Waals surface area contributed by atoms with Gasteiger partial charge in [-0.2, -0.15) is 0 Å². The lowest BCUT2D eigenvalue weighted by Crippen LogP contribution is -2.30. The molecule has 6 nitrogen and oxygen atoms in total.